The number of aromatic nitrogens is 2. The van der Waals surface area contributed by atoms with Crippen LogP contribution in [-0.2, 0) is 0 Å². The van der Waals surface area contributed by atoms with Gasteiger partial charge in [-0.25, -0.2) is 9.98 Å². The van der Waals surface area contributed by atoms with E-state index in [9.17, 15) is 5.11 Å². The van der Waals surface area contributed by atoms with Gasteiger partial charge in [-0.05, 0) is 12.1 Å². The van der Waals surface area contributed by atoms with Crippen molar-refractivity contribution in [1.29, 1.82) is 0 Å². The molecular formula is C19H18BrN5O4. The number of anilines is 1. The van der Waals surface area contributed by atoms with Crippen LogP contribution >= 0.6 is 15.9 Å². The predicted octanol–water partition coefficient (Wildman–Crippen LogP) is 2.96. The van der Waals surface area contributed by atoms with Gasteiger partial charge in [0.05, 0.1) is 31.4 Å². The van der Waals surface area contributed by atoms with Gasteiger partial charge < -0.3 is 25.1 Å². The van der Waals surface area contributed by atoms with Crippen LogP contribution in [0.1, 0.15) is 18.2 Å². The summed E-state index contributed by atoms with van der Waals surface area (Å²) in [5, 5.41) is 13.7. The highest BCUT2D eigenvalue weighted by Crippen LogP contribution is 2.43. The number of rotatable bonds is 2. The van der Waals surface area contributed by atoms with Crippen molar-refractivity contribution in [3.8, 4) is 23.0 Å². The summed E-state index contributed by atoms with van der Waals surface area (Å²) in [6.07, 6.45) is 0.168. The van der Waals surface area contributed by atoms with Crippen molar-refractivity contribution in [2.45, 2.75) is 12.6 Å². The zero-order chi connectivity index (χ0) is 20.1. The molecule has 2 aliphatic rings. The van der Waals surface area contributed by atoms with Crippen LogP contribution in [0, 0.1) is 0 Å². The van der Waals surface area contributed by atoms with Crippen LogP contribution in [0.2, 0.25) is 0 Å². The third kappa shape index (κ3) is 2.91. The monoisotopic (exact) mass is 459 g/mol. The number of guanidine groups is 1. The standard InChI is InChI=1S/C19H18BrN5O4/c1-27-15-6-9(20)5-10(16(15)26)17-23-18(21)24-19-22-11-7-13-14(8-12(11)25(17)19)29-4-2-3-28-13/h5-8,17,26H,2-4H2,1H3,(H3,21,22,23,24)/t17-/m0/s1. The molecule has 1 atom stereocenters. The molecule has 2 aromatic carbocycles. The first kappa shape index (κ1) is 17.9. The van der Waals surface area contributed by atoms with E-state index in [4.69, 9.17) is 19.9 Å². The van der Waals surface area contributed by atoms with Crippen molar-refractivity contribution in [2.24, 2.45) is 10.7 Å². The maximum absolute atomic E-state index is 10.8. The molecule has 0 fully saturated rings. The topological polar surface area (TPSA) is 116 Å². The van der Waals surface area contributed by atoms with Gasteiger partial charge in [0.25, 0.3) is 0 Å². The van der Waals surface area contributed by atoms with Crippen molar-refractivity contribution in [3.63, 3.8) is 0 Å². The molecule has 29 heavy (non-hydrogen) atoms. The maximum atomic E-state index is 10.8. The molecule has 0 spiro atoms. The molecule has 10 heteroatoms. The largest absolute Gasteiger partial charge is 0.504 e. The molecule has 0 radical (unpaired) electrons. The number of benzene rings is 2. The Morgan fingerprint density at radius 1 is 1.24 bits per heavy atom. The predicted molar refractivity (Wildman–Crippen MR) is 111 cm³/mol. The minimum atomic E-state index is -0.646. The first-order valence-electron chi connectivity index (χ1n) is 9.03. The summed E-state index contributed by atoms with van der Waals surface area (Å²) in [6.45, 7) is 1.17. The van der Waals surface area contributed by atoms with Crippen LogP contribution < -0.4 is 25.3 Å². The minimum Gasteiger partial charge on any atom is -0.504 e. The summed E-state index contributed by atoms with van der Waals surface area (Å²) >= 11 is 3.46. The summed E-state index contributed by atoms with van der Waals surface area (Å²) in [6, 6.07) is 7.19. The lowest BCUT2D eigenvalue weighted by atomic mass is 10.1. The number of aliphatic imine (C=N–C) groups is 1. The van der Waals surface area contributed by atoms with Gasteiger partial charge in [-0.1, -0.05) is 15.9 Å². The molecule has 4 N–H and O–H groups in total. The number of phenols is 1. The normalized spacial score (nSPS) is 17.9. The van der Waals surface area contributed by atoms with Gasteiger partial charge in [0.15, 0.2) is 35.1 Å². The average Bonchev–Trinajstić information content (AvgIpc) is 2.88. The first-order chi connectivity index (χ1) is 14.0. The zero-order valence-electron chi connectivity index (χ0n) is 15.5. The quantitative estimate of drug-likeness (QED) is 0.539. The summed E-state index contributed by atoms with van der Waals surface area (Å²) in [5.41, 5.74) is 8.01. The SMILES string of the molecule is COc1cc(Br)cc([C@H]2N=C(N)Nc3nc4cc5c(cc4n32)OCCCO5)c1O. The molecule has 0 amide bonds. The second kappa shape index (κ2) is 6.73. The Bertz CT molecular complexity index is 1160. The summed E-state index contributed by atoms with van der Waals surface area (Å²) in [5.74, 6) is 2.33. The number of nitrogens with zero attached hydrogens (tertiary/aromatic N) is 3. The lowest BCUT2D eigenvalue weighted by molar-refractivity contribution is 0.297. The van der Waals surface area contributed by atoms with E-state index in [-0.39, 0.29) is 11.7 Å². The van der Waals surface area contributed by atoms with Crippen molar-refractivity contribution in [3.05, 3.63) is 34.3 Å². The fourth-order valence-corrected chi connectivity index (χ4v) is 4.03. The van der Waals surface area contributed by atoms with E-state index in [1.54, 1.807) is 12.1 Å². The van der Waals surface area contributed by atoms with Gasteiger partial charge >= 0.3 is 0 Å². The molecule has 150 valence electrons. The minimum absolute atomic E-state index is 0.0127. The Morgan fingerprint density at radius 3 is 2.76 bits per heavy atom. The van der Waals surface area contributed by atoms with E-state index < -0.39 is 6.17 Å². The summed E-state index contributed by atoms with van der Waals surface area (Å²) in [7, 11) is 1.50. The van der Waals surface area contributed by atoms with E-state index in [0.717, 1.165) is 16.4 Å². The highest BCUT2D eigenvalue weighted by Gasteiger charge is 2.29. The van der Waals surface area contributed by atoms with Crippen molar-refractivity contribution in [1.82, 2.24) is 9.55 Å². The van der Waals surface area contributed by atoms with E-state index in [0.29, 0.717) is 47.5 Å². The number of phenolic OH excluding ortho intramolecular Hbond substituents is 1. The Morgan fingerprint density at radius 2 is 2.00 bits per heavy atom. The lowest BCUT2D eigenvalue weighted by Gasteiger charge is -2.25. The number of nitrogens with one attached hydrogen (secondary N) is 1. The smallest absolute Gasteiger partial charge is 0.212 e. The number of ether oxygens (including phenoxy) is 3. The molecule has 3 aromatic rings. The number of fused-ring (bicyclic) bond motifs is 4. The van der Waals surface area contributed by atoms with E-state index >= 15 is 0 Å². The van der Waals surface area contributed by atoms with Crippen LogP contribution in [0.3, 0.4) is 0 Å². The third-order valence-corrected chi connectivity index (χ3v) is 5.33. The molecule has 9 nitrogen and oxygen atoms in total. The Kier molecular flexibility index (Phi) is 4.16. The van der Waals surface area contributed by atoms with Gasteiger partial charge in [0, 0.05) is 28.6 Å². The fourth-order valence-electron chi connectivity index (χ4n) is 3.58. The highest BCUT2D eigenvalue weighted by atomic mass is 79.9. The van der Waals surface area contributed by atoms with E-state index in [1.807, 2.05) is 16.7 Å². The Balaban J connectivity index is 1.74. The molecule has 0 unspecified atom stereocenters. The summed E-state index contributed by atoms with van der Waals surface area (Å²) < 4.78 is 19.5. The second-order valence-electron chi connectivity index (χ2n) is 6.70. The van der Waals surface area contributed by atoms with Gasteiger partial charge in [0.1, 0.15) is 0 Å². The summed E-state index contributed by atoms with van der Waals surface area (Å²) in [4.78, 5) is 9.17. The van der Waals surface area contributed by atoms with Gasteiger partial charge in [-0.2, -0.15) is 0 Å². The maximum Gasteiger partial charge on any atom is 0.212 e. The van der Waals surface area contributed by atoms with E-state index in [1.165, 1.54) is 7.11 Å². The molecule has 0 aliphatic carbocycles. The molecular weight excluding hydrogens is 442 g/mol. The number of aromatic hydroxyl groups is 1. The fraction of sp³-hybridized carbons (Fsp3) is 0.263. The van der Waals surface area contributed by atoms with Gasteiger partial charge in [-0.15, -0.1) is 0 Å². The van der Waals surface area contributed by atoms with Gasteiger partial charge in [0.2, 0.25) is 5.95 Å². The van der Waals surface area contributed by atoms with Gasteiger partial charge in [-0.3, -0.25) is 9.88 Å². The Labute approximate surface area is 174 Å². The average molecular weight is 460 g/mol. The van der Waals surface area contributed by atoms with Crippen LogP contribution in [0.15, 0.2) is 33.7 Å². The molecule has 1 aromatic heterocycles. The van der Waals surface area contributed by atoms with Crippen LogP contribution in [-0.4, -0.2) is 40.9 Å². The Hall–Kier alpha value is -3.14. The second-order valence-corrected chi connectivity index (χ2v) is 7.62. The number of halogens is 1. The van der Waals surface area contributed by atoms with Crippen molar-refractivity contribution >= 4 is 38.9 Å². The number of hydrogen-bond acceptors (Lipinski definition) is 8. The van der Waals surface area contributed by atoms with Crippen LogP contribution in [0.25, 0.3) is 11.0 Å². The van der Waals surface area contributed by atoms with Crippen LogP contribution in [0.4, 0.5) is 5.95 Å². The van der Waals surface area contributed by atoms with Crippen molar-refractivity contribution in [2.75, 3.05) is 25.6 Å². The highest BCUT2D eigenvalue weighted by molar-refractivity contribution is 9.10. The molecule has 2 aliphatic heterocycles. The number of methoxy groups -OCH3 is 1. The zero-order valence-corrected chi connectivity index (χ0v) is 17.1. The lowest BCUT2D eigenvalue weighted by Crippen LogP contribution is -2.31. The van der Waals surface area contributed by atoms with E-state index in [2.05, 4.69) is 31.2 Å². The number of imidazole rings is 1. The molecule has 3 heterocycles. The molecule has 0 saturated carbocycles. The molecule has 0 saturated heterocycles. The first-order valence-corrected chi connectivity index (χ1v) is 9.82. The van der Waals surface area contributed by atoms with Crippen LogP contribution in [0.5, 0.6) is 23.0 Å². The number of nitrogens with two attached hydrogens (primary N) is 1. The van der Waals surface area contributed by atoms with Crippen molar-refractivity contribution < 1.29 is 19.3 Å². The molecule has 5 rings (SSSR count). The molecule has 0 bridgehead atoms. The number of hydrogen-bond donors (Lipinski definition) is 3. The third-order valence-electron chi connectivity index (χ3n) is 4.87.